The van der Waals surface area contributed by atoms with E-state index in [1.807, 2.05) is 0 Å². The SMILES string of the molecule is O=C(O)N1CC(c2cc(-c3ccc(OC(F)(F)F)cc3)c3nccnc3c2[C@@H](O)CO)C1. The van der Waals surface area contributed by atoms with Crippen LogP contribution in [0.5, 0.6) is 5.75 Å². The molecule has 0 aliphatic carbocycles. The van der Waals surface area contributed by atoms with Crippen molar-refractivity contribution in [2.24, 2.45) is 0 Å². The zero-order chi connectivity index (χ0) is 23.0. The molecular weight excluding hydrogens is 431 g/mol. The maximum atomic E-state index is 12.5. The van der Waals surface area contributed by atoms with Gasteiger partial charge in [-0.2, -0.15) is 0 Å². The molecule has 1 aliphatic rings. The van der Waals surface area contributed by atoms with Crippen LogP contribution in [0.1, 0.15) is 23.1 Å². The van der Waals surface area contributed by atoms with Gasteiger partial charge in [0, 0.05) is 42.5 Å². The Morgan fingerprint density at radius 1 is 1.16 bits per heavy atom. The van der Waals surface area contributed by atoms with Gasteiger partial charge in [0.05, 0.1) is 17.6 Å². The maximum Gasteiger partial charge on any atom is 0.573 e. The fourth-order valence-corrected chi connectivity index (χ4v) is 3.84. The number of aliphatic hydroxyl groups excluding tert-OH is 2. The van der Waals surface area contributed by atoms with Crippen LogP contribution in [0, 0.1) is 0 Å². The number of hydrogen-bond donors (Lipinski definition) is 3. The lowest BCUT2D eigenvalue weighted by atomic mass is 9.83. The van der Waals surface area contributed by atoms with Crippen molar-refractivity contribution in [2.75, 3.05) is 19.7 Å². The van der Waals surface area contributed by atoms with Crippen molar-refractivity contribution in [1.82, 2.24) is 14.9 Å². The molecule has 8 nitrogen and oxygen atoms in total. The van der Waals surface area contributed by atoms with Crippen LogP contribution in [-0.4, -0.2) is 62.3 Å². The van der Waals surface area contributed by atoms with E-state index in [9.17, 15) is 28.2 Å². The molecule has 11 heteroatoms. The van der Waals surface area contributed by atoms with Crippen molar-refractivity contribution in [3.8, 4) is 16.9 Å². The molecule has 168 valence electrons. The van der Waals surface area contributed by atoms with E-state index in [2.05, 4.69) is 14.7 Å². The molecule has 2 aromatic carbocycles. The minimum Gasteiger partial charge on any atom is -0.465 e. The Morgan fingerprint density at radius 2 is 1.78 bits per heavy atom. The minimum atomic E-state index is -4.81. The predicted octanol–water partition coefficient (Wildman–Crippen LogP) is 3.30. The quantitative estimate of drug-likeness (QED) is 0.547. The van der Waals surface area contributed by atoms with Crippen LogP contribution in [-0.2, 0) is 0 Å². The Hall–Kier alpha value is -3.44. The summed E-state index contributed by atoms with van der Waals surface area (Å²) in [5.74, 6) is -0.624. The largest absolute Gasteiger partial charge is 0.573 e. The summed E-state index contributed by atoms with van der Waals surface area (Å²) >= 11 is 0. The van der Waals surface area contributed by atoms with Crippen molar-refractivity contribution >= 4 is 17.1 Å². The van der Waals surface area contributed by atoms with E-state index in [0.29, 0.717) is 33.3 Å². The van der Waals surface area contributed by atoms with Crippen molar-refractivity contribution in [1.29, 1.82) is 0 Å². The molecule has 4 rings (SSSR count). The number of alkyl halides is 3. The van der Waals surface area contributed by atoms with Gasteiger partial charge in [-0.1, -0.05) is 12.1 Å². The molecule has 0 spiro atoms. The molecule has 0 radical (unpaired) electrons. The minimum absolute atomic E-state index is 0.198. The Bertz CT molecular complexity index is 1150. The highest BCUT2D eigenvalue weighted by atomic mass is 19.4. The highest BCUT2D eigenvalue weighted by Crippen LogP contribution is 2.40. The fourth-order valence-electron chi connectivity index (χ4n) is 3.84. The van der Waals surface area contributed by atoms with Crippen molar-refractivity contribution in [3.05, 3.63) is 53.9 Å². The number of benzene rings is 2. The lowest BCUT2D eigenvalue weighted by Gasteiger charge is -2.39. The zero-order valence-corrected chi connectivity index (χ0v) is 16.5. The molecular formula is C21H18F3N3O5. The number of likely N-dealkylation sites (tertiary alicyclic amines) is 1. The van der Waals surface area contributed by atoms with Gasteiger partial charge in [0.1, 0.15) is 11.9 Å². The summed E-state index contributed by atoms with van der Waals surface area (Å²) in [6, 6.07) is 6.96. The number of nitrogens with zero attached hydrogens (tertiary/aromatic N) is 3. The molecule has 0 bridgehead atoms. The van der Waals surface area contributed by atoms with Gasteiger partial charge in [0.15, 0.2) is 0 Å². The highest BCUT2D eigenvalue weighted by molar-refractivity contribution is 5.95. The number of hydrogen-bond acceptors (Lipinski definition) is 6. The molecule has 1 aliphatic heterocycles. The van der Waals surface area contributed by atoms with Crippen LogP contribution in [0.15, 0.2) is 42.7 Å². The number of carbonyl (C=O) groups is 1. The number of halogens is 3. The summed E-state index contributed by atoms with van der Waals surface area (Å²) < 4.78 is 41.3. The summed E-state index contributed by atoms with van der Waals surface area (Å²) in [5, 5.41) is 29.2. The molecule has 1 fully saturated rings. The first kappa shape index (κ1) is 21.8. The van der Waals surface area contributed by atoms with Crippen molar-refractivity contribution in [2.45, 2.75) is 18.4 Å². The second kappa shape index (κ2) is 8.24. The standard InChI is InChI=1S/C21H18F3N3O5/c22-21(23,24)32-13-3-1-11(2-4-13)15-7-14(12-8-27(9-12)20(30)31)17(16(29)10-28)19-18(15)25-5-6-26-19/h1-7,12,16,28-29H,8-10H2,(H,30,31)/t16-/m0/s1. The monoisotopic (exact) mass is 449 g/mol. The molecule has 3 N–H and O–H groups in total. The Balaban J connectivity index is 1.84. The Kier molecular flexibility index (Phi) is 5.61. The summed E-state index contributed by atoms with van der Waals surface area (Å²) in [5.41, 5.74) is 2.74. The number of fused-ring (bicyclic) bond motifs is 1. The van der Waals surface area contributed by atoms with E-state index < -0.39 is 25.2 Å². The van der Waals surface area contributed by atoms with Crippen LogP contribution in [0.3, 0.4) is 0 Å². The van der Waals surface area contributed by atoms with E-state index in [-0.39, 0.29) is 24.8 Å². The number of carboxylic acid groups (broad SMARTS) is 1. The number of rotatable bonds is 5. The maximum absolute atomic E-state index is 12.5. The lowest BCUT2D eigenvalue weighted by molar-refractivity contribution is -0.274. The van der Waals surface area contributed by atoms with Gasteiger partial charge in [-0.3, -0.25) is 9.97 Å². The van der Waals surface area contributed by atoms with Crippen LogP contribution in [0.2, 0.25) is 0 Å². The Morgan fingerprint density at radius 3 is 2.34 bits per heavy atom. The molecule has 32 heavy (non-hydrogen) atoms. The van der Waals surface area contributed by atoms with Crippen LogP contribution < -0.4 is 4.74 Å². The number of ether oxygens (including phenoxy) is 1. The number of amides is 1. The van der Waals surface area contributed by atoms with Gasteiger partial charge in [-0.15, -0.1) is 13.2 Å². The van der Waals surface area contributed by atoms with E-state index in [0.717, 1.165) is 0 Å². The highest BCUT2D eigenvalue weighted by Gasteiger charge is 2.35. The Labute approximate surface area is 179 Å². The molecule has 2 heterocycles. The third kappa shape index (κ3) is 4.16. The summed E-state index contributed by atoms with van der Waals surface area (Å²) in [4.78, 5) is 21.1. The van der Waals surface area contributed by atoms with E-state index >= 15 is 0 Å². The second-order valence-corrected chi connectivity index (χ2v) is 7.34. The van der Waals surface area contributed by atoms with Gasteiger partial charge >= 0.3 is 12.5 Å². The molecule has 0 unspecified atom stereocenters. The first-order valence-electron chi connectivity index (χ1n) is 9.58. The molecule has 1 atom stereocenters. The third-order valence-electron chi connectivity index (χ3n) is 5.32. The zero-order valence-electron chi connectivity index (χ0n) is 16.5. The van der Waals surface area contributed by atoms with Crippen LogP contribution >= 0.6 is 0 Å². The first-order valence-corrected chi connectivity index (χ1v) is 9.58. The summed E-state index contributed by atoms with van der Waals surface area (Å²) in [6.07, 6.45) is -4.27. The van der Waals surface area contributed by atoms with E-state index in [1.165, 1.54) is 41.6 Å². The molecule has 3 aromatic rings. The van der Waals surface area contributed by atoms with Gasteiger partial charge in [-0.25, -0.2) is 4.79 Å². The van der Waals surface area contributed by atoms with Gasteiger partial charge in [0.2, 0.25) is 0 Å². The van der Waals surface area contributed by atoms with Gasteiger partial charge < -0.3 is 25.0 Å². The molecule has 1 aromatic heterocycles. The lowest BCUT2D eigenvalue weighted by Crippen LogP contribution is -2.48. The van der Waals surface area contributed by atoms with Gasteiger partial charge in [0.25, 0.3) is 0 Å². The number of aromatic nitrogens is 2. The smallest absolute Gasteiger partial charge is 0.465 e. The molecule has 1 saturated heterocycles. The topological polar surface area (TPSA) is 116 Å². The van der Waals surface area contributed by atoms with Crippen LogP contribution in [0.25, 0.3) is 22.2 Å². The normalized spacial score (nSPS) is 15.5. The van der Waals surface area contributed by atoms with Gasteiger partial charge in [-0.05, 0) is 29.3 Å². The van der Waals surface area contributed by atoms with E-state index in [4.69, 9.17) is 5.11 Å². The molecule has 0 saturated carbocycles. The average Bonchev–Trinajstić information content (AvgIpc) is 2.70. The summed E-state index contributed by atoms with van der Waals surface area (Å²) in [6.45, 7) is -0.176. The first-order chi connectivity index (χ1) is 15.2. The van der Waals surface area contributed by atoms with E-state index in [1.54, 1.807) is 6.07 Å². The number of aliphatic hydroxyl groups is 2. The molecule has 1 amide bonds. The van der Waals surface area contributed by atoms with Crippen LogP contribution in [0.4, 0.5) is 18.0 Å². The van der Waals surface area contributed by atoms with Crippen molar-refractivity contribution in [3.63, 3.8) is 0 Å². The third-order valence-corrected chi connectivity index (χ3v) is 5.32. The fraction of sp³-hybridized carbons (Fsp3) is 0.286. The average molecular weight is 449 g/mol. The van der Waals surface area contributed by atoms with Crippen molar-refractivity contribution < 1.29 is 38.0 Å². The predicted molar refractivity (Wildman–Crippen MR) is 106 cm³/mol. The second-order valence-electron chi connectivity index (χ2n) is 7.34. The summed E-state index contributed by atoms with van der Waals surface area (Å²) in [7, 11) is 0.